The molecule has 0 atom stereocenters. The fourth-order valence-corrected chi connectivity index (χ4v) is 4.34. The second-order valence-electron chi connectivity index (χ2n) is 9.40. The van der Waals surface area contributed by atoms with Crippen molar-refractivity contribution >= 4 is 23.2 Å². The van der Waals surface area contributed by atoms with Crippen LogP contribution in [-0.4, -0.2) is 61.0 Å². The van der Waals surface area contributed by atoms with Gasteiger partial charge in [-0.15, -0.1) is 0 Å². The average Bonchev–Trinajstić information content (AvgIpc) is 3.20. The summed E-state index contributed by atoms with van der Waals surface area (Å²) in [5.41, 5.74) is -1.10. The van der Waals surface area contributed by atoms with Gasteiger partial charge >= 0.3 is 12.1 Å². The molecule has 0 spiro atoms. The molecule has 12 heteroatoms. The molecule has 0 aliphatic carbocycles. The quantitative estimate of drug-likeness (QED) is 0.469. The minimum absolute atomic E-state index is 0.00335. The fourth-order valence-electron chi connectivity index (χ4n) is 4.34. The van der Waals surface area contributed by atoms with E-state index in [1.807, 2.05) is 4.90 Å². The number of carbonyl (C=O) groups excluding carboxylic acids is 1. The van der Waals surface area contributed by atoms with E-state index in [1.54, 1.807) is 22.9 Å². The molecule has 3 N–H and O–H groups in total. The Balaban J connectivity index is 1.61. The van der Waals surface area contributed by atoms with Crippen molar-refractivity contribution in [3.63, 3.8) is 0 Å². The molecule has 192 valence electrons. The van der Waals surface area contributed by atoms with Crippen LogP contribution >= 0.6 is 0 Å². The lowest BCUT2D eigenvalue weighted by Crippen LogP contribution is -2.36. The number of amides is 1. The number of halogens is 3. The number of carbonyl (C=O) groups is 2. The molecule has 0 radical (unpaired) electrons. The number of likely N-dealkylation sites (tertiary alicyclic amines) is 1. The molecule has 4 heterocycles. The number of nitrogens with zero attached hydrogens (tertiary/aromatic N) is 4. The van der Waals surface area contributed by atoms with Gasteiger partial charge in [-0.05, 0) is 58.0 Å². The first kappa shape index (κ1) is 25.6. The number of rotatable bonds is 6. The van der Waals surface area contributed by atoms with Crippen molar-refractivity contribution in [2.24, 2.45) is 0 Å². The molecule has 0 bridgehead atoms. The first-order valence-electron chi connectivity index (χ1n) is 11.4. The Hall–Kier alpha value is -3.51. The lowest BCUT2D eigenvalue weighted by atomic mass is 9.94. The van der Waals surface area contributed by atoms with Crippen LogP contribution < -0.4 is 5.32 Å². The third-order valence-corrected chi connectivity index (χ3v) is 6.16. The topological polar surface area (TPSA) is 120 Å². The highest BCUT2D eigenvalue weighted by atomic mass is 19.4. The predicted molar refractivity (Wildman–Crippen MR) is 124 cm³/mol. The summed E-state index contributed by atoms with van der Waals surface area (Å²) in [6, 6.07) is 4.69. The van der Waals surface area contributed by atoms with Crippen molar-refractivity contribution in [1.82, 2.24) is 19.3 Å². The fraction of sp³-hybridized carbons (Fsp3) is 0.417. The van der Waals surface area contributed by atoms with Gasteiger partial charge in [-0.3, -0.25) is 14.5 Å². The van der Waals surface area contributed by atoms with E-state index >= 15 is 0 Å². The van der Waals surface area contributed by atoms with Gasteiger partial charge in [-0.25, -0.2) is 9.97 Å². The Kier molecular flexibility index (Phi) is 6.76. The Morgan fingerprint density at radius 2 is 1.83 bits per heavy atom. The number of fused-ring (bicyclic) bond motifs is 1. The van der Waals surface area contributed by atoms with Crippen molar-refractivity contribution in [1.29, 1.82) is 0 Å². The van der Waals surface area contributed by atoms with E-state index in [9.17, 15) is 27.9 Å². The van der Waals surface area contributed by atoms with Crippen LogP contribution in [0.15, 0.2) is 36.7 Å². The highest BCUT2D eigenvalue weighted by molar-refractivity contribution is 6.03. The van der Waals surface area contributed by atoms with Gasteiger partial charge in [0.15, 0.2) is 0 Å². The van der Waals surface area contributed by atoms with Crippen LogP contribution in [-0.2, 0) is 16.6 Å². The average molecular weight is 505 g/mol. The number of carboxylic acids is 1. The van der Waals surface area contributed by atoms with E-state index in [1.165, 1.54) is 19.9 Å². The van der Waals surface area contributed by atoms with Gasteiger partial charge in [0.05, 0.1) is 23.5 Å². The number of carboxylic acid groups (broad SMARTS) is 1. The maximum atomic E-state index is 13.0. The van der Waals surface area contributed by atoms with E-state index in [4.69, 9.17) is 5.11 Å². The van der Waals surface area contributed by atoms with Crippen LogP contribution in [0.5, 0.6) is 0 Å². The van der Waals surface area contributed by atoms with Gasteiger partial charge in [-0.2, -0.15) is 13.2 Å². The molecule has 9 nitrogen and oxygen atoms in total. The smallest absolute Gasteiger partial charge is 0.433 e. The molecule has 4 rings (SSSR count). The van der Waals surface area contributed by atoms with Crippen molar-refractivity contribution in [2.75, 3.05) is 25.0 Å². The molecule has 1 aliphatic heterocycles. The first-order chi connectivity index (χ1) is 16.8. The molecule has 1 fully saturated rings. The molecule has 1 aliphatic rings. The van der Waals surface area contributed by atoms with Gasteiger partial charge in [-0.1, -0.05) is 6.07 Å². The largest absolute Gasteiger partial charge is 0.480 e. The van der Waals surface area contributed by atoms with Crippen LogP contribution in [0.2, 0.25) is 0 Å². The monoisotopic (exact) mass is 505 g/mol. The SMILES string of the molecule is CC(C)(O)c1cc2nc(C3CCN(CC(=O)O)CC3)cn2cc1NC(=O)c1cccc(C(F)(F)F)n1. The minimum atomic E-state index is -4.69. The number of hydrogen-bond donors (Lipinski definition) is 3. The summed E-state index contributed by atoms with van der Waals surface area (Å²) in [6.07, 6.45) is 0.147. The van der Waals surface area contributed by atoms with Crippen molar-refractivity contribution in [2.45, 2.75) is 44.4 Å². The van der Waals surface area contributed by atoms with Crippen LogP contribution in [0.3, 0.4) is 0 Å². The lowest BCUT2D eigenvalue weighted by Gasteiger charge is -2.29. The number of aliphatic carboxylic acids is 1. The van der Waals surface area contributed by atoms with Gasteiger partial charge < -0.3 is 19.9 Å². The third kappa shape index (κ3) is 5.65. The standard InChI is InChI=1S/C24H26F3N5O4/c1-23(2,36)15-10-20-29-17(14-6-8-31(9-7-14)13-21(33)34)11-32(20)12-18(15)30-22(35)16-4-3-5-19(28-16)24(25,26)27/h3-5,10-12,14,36H,6-9,13H2,1-2H3,(H,30,35)(H,33,34). The number of alkyl halides is 3. The summed E-state index contributed by atoms with van der Waals surface area (Å²) in [5.74, 6) is -1.60. The number of pyridine rings is 2. The van der Waals surface area contributed by atoms with E-state index < -0.39 is 35.0 Å². The first-order valence-corrected chi connectivity index (χ1v) is 11.4. The number of aliphatic hydroxyl groups is 1. The number of piperidine rings is 1. The lowest BCUT2D eigenvalue weighted by molar-refractivity contribution is -0.141. The van der Waals surface area contributed by atoms with E-state index in [2.05, 4.69) is 15.3 Å². The highest BCUT2D eigenvalue weighted by Crippen LogP contribution is 2.33. The van der Waals surface area contributed by atoms with Gasteiger partial charge in [0, 0.05) is 23.9 Å². The number of anilines is 1. The molecular formula is C24H26F3N5O4. The third-order valence-electron chi connectivity index (χ3n) is 6.16. The second-order valence-corrected chi connectivity index (χ2v) is 9.40. The molecule has 3 aromatic heterocycles. The number of hydrogen-bond acceptors (Lipinski definition) is 6. The summed E-state index contributed by atoms with van der Waals surface area (Å²) in [6.45, 7) is 4.31. The Morgan fingerprint density at radius 1 is 1.14 bits per heavy atom. The van der Waals surface area contributed by atoms with Gasteiger partial charge in [0.25, 0.3) is 5.91 Å². The second kappa shape index (κ2) is 9.51. The zero-order valence-electron chi connectivity index (χ0n) is 19.7. The maximum Gasteiger partial charge on any atom is 0.433 e. The van der Waals surface area contributed by atoms with Gasteiger partial charge in [0.1, 0.15) is 17.0 Å². The van der Waals surface area contributed by atoms with Crippen molar-refractivity contribution < 1.29 is 33.0 Å². The zero-order chi connectivity index (χ0) is 26.3. The summed E-state index contributed by atoms with van der Waals surface area (Å²) in [7, 11) is 0. The zero-order valence-corrected chi connectivity index (χ0v) is 19.7. The van der Waals surface area contributed by atoms with Gasteiger partial charge in [0.2, 0.25) is 0 Å². The maximum absolute atomic E-state index is 13.0. The number of aromatic nitrogens is 3. The van der Waals surface area contributed by atoms with Crippen molar-refractivity contribution in [3.8, 4) is 0 Å². The predicted octanol–water partition coefficient (Wildman–Crippen LogP) is 3.49. The molecule has 0 saturated carbocycles. The van der Waals surface area contributed by atoms with Crippen LogP contribution in [0.4, 0.5) is 18.9 Å². The highest BCUT2D eigenvalue weighted by Gasteiger charge is 2.33. The summed E-state index contributed by atoms with van der Waals surface area (Å²) >= 11 is 0. The molecule has 36 heavy (non-hydrogen) atoms. The molecule has 0 unspecified atom stereocenters. The summed E-state index contributed by atoms with van der Waals surface area (Å²) < 4.78 is 40.7. The van der Waals surface area contributed by atoms with Crippen LogP contribution in [0.1, 0.15) is 60.0 Å². The van der Waals surface area contributed by atoms with E-state index in [-0.39, 0.29) is 18.2 Å². The molecular weight excluding hydrogens is 479 g/mol. The summed E-state index contributed by atoms with van der Waals surface area (Å²) in [4.78, 5) is 33.7. The Morgan fingerprint density at radius 3 is 2.44 bits per heavy atom. The van der Waals surface area contributed by atoms with Crippen LogP contribution in [0, 0.1) is 0 Å². The molecule has 1 amide bonds. The molecule has 0 aromatic carbocycles. The Bertz CT molecular complexity index is 1290. The number of nitrogens with one attached hydrogen (secondary N) is 1. The van der Waals surface area contributed by atoms with Crippen LogP contribution in [0.25, 0.3) is 5.65 Å². The molecule has 3 aromatic rings. The number of imidazole rings is 1. The Labute approximate surface area is 204 Å². The van der Waals surface area contributed by atoms with E-state index in [0.717, 1.165) is 30.7 Å². The van der Waals surface area contributed by atoms with Crippen molar-refractivity contribution in [3.05, 3.63) is 59.3 Å². The summed E-state index contributed by atoms with van der Waals surface area (Å²) in [5, 5.41) is 22.3. The van der Waals surface area contributed by atoms with E-state index in [0.29, 0.717) is 24.3 Å². The minimum Gasteiger partial charge on any atom is -0.480 e. The molecule has 1 saturated heterocycles. The normalized spacial score (nSPS) is 15.8.